The van der Waals surface area contributed by atoms with Gasteiger partial charge in [-0.05, 0) is 51.5 Å². The molecule has 1 rings (SSSR count). The van der Waals surface area contributed by atoms with Crippen molar-refractivity contribution in [3.8, 4) is 0 Å². The minimum atomic E-state index is -1.25. The van der Waals surface area contributed by atoms with Crippen molar-refractivity contribution in [1.82, 2.24) is 14.6 Å². The molecule has 10 heteroatoms. The van der Waals surface area contributed by atoms with E-state index in [0.29, 0.717) is 5.57 Å². The van der Waals surface area contributed by atoms with Crippen LogP contribution in [0.25, 0.3) is 0 Å². The Bertz CT molecular complexity index is 1150. The van der Waals surface area contributed by atoms with Crippen molar-refractivity contribution in [2.45, 2.75) is 112 Å². The van der Waals surface area contributed by atoms with Gasteiger partial charge in [0.15, 0.2) is 0 Å². The molecule has 0 aliphatic heterocycles. The van der Waals surface area contributed by atoms with Crippen molar-refractivity contribution in [1.29, 1.82) is 0 Å². The number of hydrogen-bond donors (Lipinski definition) is 1. The van der Waals surface area contributed by atoms with Crippen molar-refractivity contribution >= 4 is 35.7 Å². The average molecular weight is 622 g/mol. The van der Waals surface area contributed by atoms with Gasteiger partial charge in [0.2, 0.25) is 11.8 Å². The molecular weight excluding hydrogens is 570 g/mol. The van der Waals surface area contributed by atoms with Gasteiger partial charge in [0, 0.05) is 29.8 Å². The molecule has 1 N–H and O–H groups in total. The first-order valence-corrected chi connectivity index (χ1v) is 15.1. The normalized spacial score (nSPS) is 14.8. The maximum absolute atomic E-state index is 14.2. The fourth-order valence-corrected chi connectivity index (χ4v) is 5.06. The molecule has 0 unspecified atom stereocenters. The van der Waals surface area contributed by atoms with Gasteiger partial charge < -0.3 is 19.7 Å². The predicted octanol–water partition coefficient (Wildman–Crippen LogP) is 6.25. The number of rotatable bonds is 11. The second kappa shape index (κ2) is 15.1. The molecule has 0 aromatic heterocycles. The third kappa shape index (κ3) is 10.6. The number of nitrogens with one attached hydrogen (secondary N) is 1. The molecular formula is C33H52ClN3O6. The Morgan fingerprint density at radius 2 is 1.51 bits per heavy atom. The first-order valence-electron chi connectivity index (χ1n) is 14.7. The highest BCUT2D eigenvalue weighted by molar-refractivity contribution is 6.22. The first-order chi connectivity index (χ1) is 19.6. The SMILES string of the molecule is CCOC(=O)/C(C)=C/[C@H](C(C)C)N(C)C(=O)[C@@H](NC(=O)[C@@H](N(Cl)C(=O)OC(C)(C)C)C(C)(C)c1ccccc1)C(C)(C)C. The lowest BCUT2D eigenvalue weighted by atomic mass is 9.76. The third-order valence-electron chi connectivity index (χ3n) is 7.14. The summed E-state index contributed by atoms with van der Waals surface area (Å²) >= 11 is 6.63. The van der Waals surface area contributed by atoms with E-state index in [1.54, 1.807) is 47.7 Å². The zero-order valence-corrected chi connectivity index (χ0v) is 29.0. The molecule has 0 spiro atoms. The van der Waals surface area contributed by atoms with Gasteiger partial charge in [0.1, 0.15) is 17.7 Å². The molecule has 0 bridgehead atoms. The van der Waals surface area contributed by atoms with Gasteiger partial charge >= 0.3 is 12.1 Å². The standard InChI is InChI=1S/C33H52ClN3O6/c1-14-42-29(40)22(4)20-24(21(2)3)36(13)28(39)25(31(5,6)7)35-27(38)26(37(34)30(41)43-32(8,9)10)33(11,12)23-18-16-15-17-19-23/h15-21,24-26H,14H2,1-13H3,(H,35,38)/b22-20+/t24-,25-,26-/m1/s1. The highest BCUT2D eigenvalue weighted by atomic mass is 35.5. The largest absolute Gasteiger partial charge is 0.463 e. The molecule has 0 saturated carbocycles. The molecule has 3 atom stereocenters. The summed E-state index contributed by atoms with van der Waals surface area (Å²) in [6.07, 6.45) is 0.834. The molecule has 0 heterocycles. The third-order valence-corrected chi connectivity index (χ3v) is 7.47. The lowest BCUT2D eigenvalue weighted by Crippen LogP contribution is -2.62. The lowest BCUT2D eigenvalue weighted by Gasteiger charge is -2.41. The van der Waals surface area contributed by atoms with E-state index in [9.17, 15) is 19.2 Å². The molecule has 0 saturated heterocycles. The van der Waals surface area contributed by atoms with E-state index in [0.717, 1.165) is 9.98 Å². The van der Waals surface area contributed by atoms with E-state index in [-0.39, 0.29) is 18.4 Å². The summed E-state index contributed by atoms with van der Waals surface area (Å²) in [5.41, 5.74) is -1.42. The predicted molar refractivity (Wildman–Crippen MR) is 170 cm³/mol. The maximum atomic E-state index is 14.2. The smallest absolute Gasteiger partial charge is 0.425 e. The fourth-order valence-electron chi connectivity index (χ4n) is 4.69. The molecule has 0 aliphatic rings. The van der Waals surface area contributed by atoms with Crippen LogP contribution in [0.2, 0.25) is 0 Å². The summed E-state index contributed by atoms with van der Waals surface area (Å²) in [6, 6.07) is 6.54. The van der Waals surface area contributed by atoms with E-state index in [2.05, 4.69) is 5.32 Å². The Balaban J connectivity index is 3.58. The van der Waals surface area contributed by atoms with Crippen molar-refractivity contribution in [3.05, 3.63) is 47.5 Å². The number of likely N-dealkylation sites (N-methyl/N-ethyl adjacent to an activating group) is 1. The van der Waals surface area contributed by atoms with Gasteiger partial charge in [0.25, 0.3) is 0 Å². The van der Waals surface area contributed by atoms with Gasteiger partial charge in [0.05, 0.1) is 12.6 Å². The highest BCUT2D eigenvalue weighted by Crippen LogP contribution is 2.34. The van der Waals surface area contributed by atoms with Crippen molar-refractivity contribution in [2.24, 2.45) is 11.3 Å². The number of ether oxygens (including phenoxy) is 2. The summed E-state index contributed by atoms with van der Waals surface area (Å²) in [4.78, 5) is 55.3. The minimum absolute atomic E-state index is 0.0510. The molecule has 0 radical (unpaired) electrons. The number of benzene rings is 1. The number of hydrogen-bond acceptors (Lipinski definition) is 6. The van der Waals surface area contributed by atoms with Gasteiger partial charge in [-0.1, -0.05) is 84.9 Å². The average Bonchev–Trinajstić information content (AvgIpc) is 2.88. The Morgan fingerprint density at radius 3 is 1.95 bits per heavy atom. The highest BCUT2D eigenvalue weighted by Gasteiger charge is 2.47. The van der Waals surface area contributed by atoms with E-state index in [4.69, 9.17) is 21.3 Å². The van der Waals surface area contributed by atoms with Crippen molar-refractivity contribution in [3.63, 3.8) is 0 Å². The van der Waals surface area contributed by atoms with Gasteiger partial charge in [-0.15, -0.1) is 0 Å². The van der Waals surface area contributed by atoms with E-state index >= 15 is 0 Å². The Morgan fingerprint density at radius 1 is 0.977 bits per heavy atom. The second-order valence-electron chi connectivity index (χ2n) is 13.8. The topological polar surface area (TPSA) is 105 Å². The monoisotopic (exact) mass is 621 g/mol. The Kier molecular flexibility index (Phi) is 13.3. The van der Waals surface area contributed by atoms with Crippen LogP contribution in [0.15, 0.2) is 42.0 Å². The summed E-state index contributed by atoms with van der Waals surface area (Å²) < 4.78 is 11.4. The lowest BCUT2D eigenvalue weighted by molar-refractivity contribution is -0.141. The van der Waals surface area contributed by atoms with Crippen LogP contribution in [0, 0.1) is 11.3 Å². The summed E-state index contributed by atoms with van der Waals surface area (Å²) in [5.74, 6) is -1.48. The van der Waals surface area contributed by atoms with E-state index < -0.39 is 52.5 Å². The zero-order chi connectivity index (χ0) is 33.5. The molecule has 3 amide bonds. The molecule has 0 aliphatic carbocycles. The molecule has 0 fully saturated rings. The maximum Gasteiger partial charge on any atom is 0.425 e. The van der Waals surface area contributed by atoms with Crippen molar-refractivity contribution in [2.75, 3.05) is 13.7 Å². The van der Waals surface area contributed by atoms with Crippen molar-refractivity contribution < 1.29 is 28.7 Å². The first kappa shape index (κ1) is 38.0. The molecule has 43 heavy (non-hydrogen) atoms. The van der Waals surface area contributed by atoms with Crippen LogP contribution in [-0.2, 0) is 29.3 Å². The van der Waals surface area contributed by atoms with Crippen LogP contribution in [0.1, 0.15) is 88.6 Å². The number of carbonyl (C=O) groups excluding carboxylic acids is 4. The van der Waals surface area contributed by atoms with Crippen LogP contribution in [0.4, 0.5) is 4.79 Å². The molecule has 1 aromatic carbocycles. The molecule has 9 nitrogen and oxygen atoms in total. The van der Waals surface area contributed by atoms with Crippen LogP contribution in [0.5, 0.6) is 0 Å². The van der Waals surface area contributed by atoms with E-state index in [1.807, 2.05) is 78.8 Å². The van der Waals surface area contributed by atoms with Gasteiger partial charge in [-0.25, -0.2) is 14.0 Å². The summed E-state index contributed by atoms with van der Waals surface area (Å²) in [6.45, 7) is 21.8. The molecule has 1 aromatic rings. The molecule has 242 valence electrons. The van der Waals surface area contributed by atoms with Crippen LogP contribution < -0.4 is 5.32 Å². The number of halogens is 1. The zero-order valence-electron chi connectivity index (χ0n) is 28.2. The van der Waals surface area contributed by atoms with Crippen LogP contribution >= 0.6 is 11.8 Å². The number of esters is 1. The van der Waals surface area contributed by atoms with Gasteiger partial charge in [-0.3, -0.25) is 9.59 Å². The number of nitrogens with zero attached hydrogens (tertiary/aromatic N) is 2. The second-order valence-corrected chi connectivity index (χ2v) is 14.2. The summed E-state index contributed by atoms with van der Waals surface area (Å²) in [7, 11) is 1.65. The number of carbonyl (C=O) groups is 4. The quantitative estimate of drug-likeness (QED) is 0.178. The van der Waals surface area contributed by atoms with E-state index in [1.165, 1.54) is 4.90 Å². The Hall–Kier alpha value is -3.07. The van der Waals surface area contributed by atoms with Gasteiger partial charge in [-0.2, -0.15) is 0 Å². The van der Waals surface area contributed by atoms with Crippen LogP contribution in [-0.4, -0.2) is 70.6 Å². The number of amides is 3. The van der Waals surface area contributed by atoms with Crippen LogP contribution in [0.3, 0.4) is 0 Å². The minimum Gasteiger partial charge on any atom is -0.463 e. The Labute approximate surface area is 263 Å². The fraction of sp³-hybridized carbons (Fsp3) is 0.636. The summed E-state index contributed by atoms with van der Waals surface area (Å²) in [5, 5.41) is 2.93.